The predicted octanol–water partition coefficient (Wildman–Crippen LogP) is 0.750. The first kappa shape index (κ1) is 11.4. The van der Waals surface area contributed by atoms with Gasteiger partial charge in [-0.2, -0.15) is 0 Å². The Labute approximate surface area is 93.6 Å². The first-order valence-corrected chi connectivity index (χ1v) is 6.31. The third kappa shape index (κ3) is 3.16. The first-order valence-electron chi connectivity index (χ1n) is 6.31. The van der Waals surface area contributed by atoms with Gasteiger partial charge in [0, 0.05) is 25.2 Å². The highest BCUT2D eigenvalue weighted by atomic mass is 15.2. The second kappa shape index (κ2) is 4.81. The van der Waals surface area contributed by atoms with Crippen LogP contribution in [0.3, 0.4) is 0 Å². The molecule has 0 amide bonds. The standard InChI is InChI=1S/C12H25N3/c1-14(9-12(13)10-5-6-10)8-11-4-3-7-15(11)2/h10-12H,3-9,13H2,1-2H3. The first-order chi connectivity index (χ1) is 7.16. The Morgan fingerprint density at radius 1 is 1.40 bits per heavy atom. The van der Waals surface area contributed by atoms with Crippen LogP contribution in [0.25, 0.3) is 0 Å². The molecule has 2 unspecified atom stereocenters. The van der Waals surface area contributed by atoms with E-state index in [1.165, 1.54) is 38.8 Å². The third-order valence-corrected chi connectivity index (χ3v) is 3.94. The van der Waals surface area contributed by atoms with E-state index >= 15 is 0 Å². The number of likely N-dealkylation sites (N-methyl/N-ethyl adjacent to an activating group) is 2. The Hall–Kier alpha value is -0.120. The molecule has 0 aromatic carbocycles. The average molecular weight is 211 g/mol. The molecular formula is C12H25N3. The van der Waals surface area contributed by atoms with Gasteiger partial charge in [0.25, 0.3) is 0 Å². The Kier molecular flexibility index (Phi) is 3.65. The predicted molar refractivity (Wildman–Crippen MR) is 63.8 cm³/mol. The maximum atomic E-state index is 6.13. The van der Waals surface area contributed by atoms with Gasteiger partial charge in [-0.25, -0.2) is 0 Å². The highest BCUT2D eigenvalue weighted by molar-refractivity contribution is 4.87. The van der Waals surface area contributed by atoms with Gasteiger partial charge in [0.15, 0.2) is 0 Å². The van der Waals surface area contributed by atoms with E-state index in [9.17, 15) is 0 Å². The zero-order valence-corrected chi connectivity index (χ0v) is 10.2. The lowest BCUT2D eigenvalue weighted by Crippen LogP contribution is -2.42. The Balaban J connectivity index is 1.68. The summed E-state index contributed by atoms with van der Waals surface area (Å²) in [4.78, 5) is 4.91. The minimum atomic E-state index is 0.418. The molecule has 2 aliphatic rings. The Bertz CT molecular complexity index is 203. The molecule has 2 fully saturated rings. The van der Waals surface area contributed by atoms with Crippen LogP contribution in [0.2, 0.25) is 0 Å². The molecule has 0 spiro atoms. The lowest BCUT2D eigenvalue weighted by Gasteiger charge is -2.27. The SMILES string of the molecule is CN(CC(N)C1CC1)CC1CCCN1C. The number of nitrogens with two attached hydrogens (primary N) is 1. The maximum Gasteiger partial charge on any atom is 0.0220 e. The number of hydrogen-bond donors (Lipinski definition) is 1. The summed E-state index contributed by atoms with van der Waals surface area (Å²) in [5.41, 5.74) is 6.13. The molecular weight excluding hydrogens is 186 g/mol. The van der Waals surface area contributed by atoms with Crippen LogP contribution in [0.15, 0.2) is 0 Å². The summed E-state index contributed by atoms with van der Waals surface area (Å²) in [6, 6.07) is 1.18. The van der Waals surface area contributed by atoms with Crippen LogP contribution in [0.4, 0.5) is 0 Å². The zero-order chi connectivity index (χ0) is 10.8. The summed E-state index contributed by atoms with van der Waals surface area (Å²) >= 11 is 0. The minimum Gasteiger partial charge on any atom is -0.326 e. The van der Waals surface area contributed by atoms with Crippen LogP contribution in [0.1, 0.15) is 25.7 Å². The molecule has 2 atom stereocenters. The van der Waals surface area contributed by atoms with Crippen molar-refractivity contribution in [2.75, 3.05) is 33.7 Å². The van der Waals surface area contributed by atoms with Gasteiger partial charge in [-0.15, -0.1) is 0 Å². The van der Waals surface area contributed by atoms with E-state index in [1.807, 2.05) is 0 Å². The van der Waals surface area contributed by atoms with E-state index in [-0.39, 0.29) is 0 Å². The fourth-order valence-electron chi connectivity index (χ4n) is 2.68. The largest absolute Gasteiger partial charge is 0.326 e. The topological polar surface area (TPSA) is 32.5 Å². The zero-order valence-electron chi connectivity index (χ0n) is 10.2. The van der Waals surface area contributed by atoms with Crippen LogP contribution >= 0.6 is 0 Å². The van der Waals surface area contributed by atoms with Gasteiger partial charge >= 0.3 is 0 Å². The van der Waals surface area contributed by atoms with Gasteiger partial charge in [0.2, 0.25) is 0 Å². The van der Waals surface area contributed by atoms with Gasteiger partial charge in [-0.3, -0.25) is 0 Å². The monoisotopic (exact) mass is 211 g/mol. The molecule has 0 aromatic rings. The molecule has 0 radical (unpaired) electrons. The van der Waals surface area contributed by atoms with Gasteiger partial charge in [0.05, 0.1) is 0 Å². The Morgan fingerprint density at radius 3 is 2.67 bits per heavy atom. The second-order valence-corrected chi connectivity index (χ2v) is 5.50. The molecule has 3 heteroatoms. The fourth-order valence-corrected chi connectivity index (χ4v) is 2.68. The van der Waals surface area contributed by atoms with Gasteiger partial charge in [0.1, 0.15) is 0 Å². The fraction of sp³-hybridized carbons (Fsp3) is 1.00. The summed E-state index contributed by atoms with van der Waals surface area (Å²) in [5.74, 6) is 0.828. The molecule has 0 bridgehead atoms. The van der Waals surface area contributed by atoms with E-state index < -0.39 is 0 Å². The molecule has 2 rings (SSSR count). The minimum absolute atomic E-state index is 0.418. The van der Waals surface area contributed by atoms with Crippen molar-refractivity contribution in [3.8, 4) is 0 Å². The molecule has 1 heterocycles. The van der Waals surface area contributed by atoms with E-state index in [0.29, 0.717) is 6.04 Å². The molecule has 0 aromatic heterocycles. The summed E-state index contributed by atoms with van der Waals surface area (Å²) in [5, 5.41) is 0. The number of nitrogens with zero attached hydrogens (tertiary/aromatic N) is 2. The molecule has 1 saturated carbocycles. The maximum absolute atomic E-state index is 6.13. The van der Waals surface area contributed by atoms with Crippen LogP contribution in [0, 0.1) is 5.92 Å². The third-order valence-electron chi connectivity index (χ3n) is 3.94. The van der Waals surface area contributed by atoms with Crippen LogP contribution in [-0.2, 0) is 0 Å². The van der Waals surface area contributed by atoms with Crippen molar-refractivity contribution in [3.63, 3.8) is 0 Å². The summed E-state index contributed by atoms with van der Waals surface area (Å²) in [6.45, 7) is 3.54. The number of rotatable bonds is 5. The molecule has 1 aliphatic carbocycles. The van der Waals surface area contributed by atoms with Crippen molar-refractivity contribution in [1.29, 1.82) is 0 Å². The number of likely N-dealkylation sites (tertiary alicyclic amines) is 1. The number of hydrogen-bond acceptors (Lipinski definition) is 3. The molecule has 2 N–H and O–H groups in total. The quantitative estimate of drug-likeness (QED) is 0.728. The second-order valence-electron chi connectivity index (χ2n) is 5.50. The van der Waals surface area contributed by atoms with Crippen molar-refractivity contribution in [2.24, 2.45) is 11.7 Å². The highest BCUT2D eigenvalue weighted by Gasteiger charge is 2.30. The van der Waals surface area contributed by atoms with E-state index in [1.54, 1.807) is 0 Å². The molecule has 1 saturated heterocycles. The average Bonchev–Trinajstić information content (AvgIpc) is 2.94. The van der Waals surface area contributed by atoms with Crippen molar-refractivity contribution in [2.45, 2.75) is 37.8 Å². The lowest BCUT2D eigenvalue weighted by molar-refractivity contribution is 0.209. The van der Waals surface area contributed by atoms with E-state index in [4.69, 9.17) is 5.73 Å². The molecule has 1 aliphatic heterocycles. The molecule has 3 nitrogen and oxygen atoms in total. The van der Waals surface area contributed by atoms with E-state index in [0.717, 1.165) is 18.5 Å². The normalized spacial score (nSPS) is 30.0. The molecule has 88 valence electrons. The van der Waals surface area contributed by atoms with Gasteiger partial charge < -0.3 is 15.5 Å². The molecule has 15 heavy (non-hydrogen) atoms. The van der Waals surface area contributed by atoms with Crippen LogP contribution < -0.4 is 5.73 Å². The van der Waals surface area contributed by atoms with Crippen molar-refractivity contribution < 1.29 is 0 Å². The van der Waals surface area contributed by atoms with E-state index in [2.05, 4.69) is 23.9 Å². The van der Waals surface area contributed by atoms with Crippen molar-refractivity contribution in [1.82, 2.24) is 9.80 Å². The smallest absolute Gasteiger partial charge is 0.0220 e. The van der Waals surface area contributed by atoms with Crippen LogP contribution in [0.5, 0.6) is 0 Å². The van der Waals surface area contributed by atoms with Gasteiger partial charge in [-0.05, 0) is 52.2 Å². The highest BCUT2D eigenvalue weighted by Crippen LogP contribution is 2.31. The van der Waals surface area contributed by atoms with Crippen LogP contribution in [-0.4, -0.2) is 55.6 Å². The summed E-state index contributed by atoms with van der Waals surface area (Å²) in [7, 11) is 4.46. The van der Waals surface area contributed by atoms with Crippen molar-refractivity contribution in [3.05, 3.63) is 0 Å². The Morgan fingerprint density at radius 2 is 2.13 bits per heavy atom. The van der Waals surface area contributed by atoms with Gasteiger partial charge in [-0.1, -0.05) is 0 Å². The summed E-state index contributed by atoms with van der Waals surface area (Å²) in [6.07, 6.45) is 5.44. The lowest BCUT2D eigenvalue weighted by atomic mass is 10.1. The van der Waals surface area contributed by atoms with Crippen molar-refractivity contribution >= 4 is 0 Å². The summed E-state index contributed by atoms with van der Waals surface area (Å²) < 4.78 is 0.